The van der Waals surface area contributed by atoms with Crippen molar-refractivity contribution in [1.82, 2.24) is 4.90 Å². The SMILES string of the molecule is CC.CCN(C=O)C(=Nc1cc(C#N)ccc1NC)S/C(C)=C1\Sc2ccccc2N1C. The number of benzene rings is 2. The van der Waals surface area contributed by atoms with Gasteiger partial charge in [-0.3, -0.25) is 9.69 Å². The molecule has 1 heterocycles. The van der Waals surface area contributed by atoms with Crippen molar-refractivity contribution in [3.8, 4) is 6.07 Å². The van der Waals surface area contributed by atoms with Crippen molar-refractivity contribution < 1.29 is 4.79 Å². The zero-order valence-electron chi connectivity index (χ0n) is 19.3. The molecule has 2 aromatic rings. The normalized spacial score (nSPS) is 14.0. The first kappa shape index (κ1) is 25.4. The highest BCUT2D eigenvalue weighted by Gasteiger charge is 2.25. The Morgan fingerprint density at radius 2 is 2.03 bits per heavy atom. The van der Waals surface area contributed by atoms with E-state index in [2.05, 4.69) is 28.4 Å². The highest BCUT2D eigenvalue weighted by atomic mass is 32.2. The van der Waals surface area contributed by atoms with Gasteiger partial charge < -0.3 is 10.2 Å². The number of fused-ring (bicyclic) bond motifs is 1. The van der Waals surface area contributed by atoms with E-state index in [0.29, 0.717) is 23.0 Å². The molecule has 0 aliphatic carbocycles. The van der Waals surface area contributed by atoms with E-state index in [1.807, 2.05) is 52.9 Å². The number of nitrogens with zero attached hydrogens (tertiary/aromatic N) is 4. The summed E-state index contributed by atoms with van der Waals surface area (Å²) in [6.45, 7) is 8.44. The number of carbonyl (C=O) groups excluding carboxylic acids is 1. The molecule has 0 bridgehead atoms. The van der Waals surface area contributed by atoms with E-state index in [1.165, 1.54) is 16.7 Å². The number of anilines is 2. The van der Waals surface area contributed by atoms with Gasteiger partial charge in [-0.25, -0.2) is 4.99 Å². The average Bonchev–Trinajstić information content (AvgIpc) is 3.17. The molecular weight excluding hydrogens is 438 g/mol. The second-order valence-electron chi connectivity index (χ2n) is 6.47. The van der Waals surface area contributed by atoms with Crippen LogP contribution in [-0.2, 0) is 4.79 Å². The van der Waals surface area contributed by atoms with Crippen LogP contribution >= 0.6 is 23.5 Å². The van der Waals surface area contributed by atoms with Crippen LogP contribution in [-0.4, -0.2) is 37.1 Å². The van der Waals surface area contributed by atoms with Crippen LogP contribution in [0.2, 0.25) is 0 Å². The smallest absolute Gasteiger partial charge is 0.215 e. The molecule has 1 amide bonds. The van der Waals surface area contributed by atoms with Crippen LogP contribution in [0.1, 0.15) is 33.3 Å². The molecule has 0 fully saturated rings. The van der Waals surface area contributed by atoms with Crippen molar-refractivity contribution in [2.75, 3.05) is 30.9 Å². The molecule has 0 saturated carbocycles. The van der Waals surface area contributed by atoms with Gasteiger partial charge in [-0.1, -0.05) is 49.5 Å². The summed E-state index contributed by atoms with van der Waals surface area (Å²) in [5, 5.41) is 14.0. The van der Waals surface area contributed by atoms with Crippen molar-refractivity contribution in [2.45, 2.75) is 32.6 Å². The van der Waals surface area contributed by atoms with Crippen LogP contribution in [0.3, 0.4) is 0 Å². The zero-order valence-corrected chi connectivity index (χ0v) is 21.0. The van der Waals surface area contributed by atoms with Crippen LogP contribution in [0.15, 0.2) is 62.3 Å². The number of nitrogens with one attached hydrogen (secondary N) is 1. The summed E-state index contributed by atoms with van der Waals surface area (Å²) in [5.41, 5.74) is 3.09. The van der Waals surface area contributed by atoms with E-state index < -0.39 is 0 Å². The van der Waals surface area contributed by atoms with Crippen LogP contribution in [0.5, 0.6) is 0 Å². The van der Waals surface area contributed by atoms with Crippen LogP contribution in [0.25, 0.3) is 0 Å². The van der Waals surface area contributed by atoms with E-state index in [9.17, 15) is 10.1 Å². The van der Waals surface area contributed by atoms with Gasteiger partial charge in [0.2, 0.25) is 6.41 Å². The predicted molar refractivity (Wildman–Crippen MR) is 139 cm³/mol. The van der Waals surface area contributed by atoms with E-state index >= 15 is 0 Å². The number of aliphatic imine (C=N–C) groups is 1. The third-order valence-electron chi connectivity index (χ3n) is 4.61. The Bertz CT molecular complexity index is 1060. The molecule has 6 nitrogen and oxygen atoms in total. The minimum absolute atomic E-state index is 0.494. The first-order valence-corrected chi connectivity index (χ1v) is 12.1. The molecular formula is C24H29N5OS2. The van der Waals surface area contributed by atoms with Gasteiger partial charge >= 0.3 is 0 Å². The fourth-order valence-electron chi connectivity index (χ4n) is 3.00. The molecule has 1 aliphatic heterocycles. The summed E-state index contributed by atoms with van der Waals surface area (Å²) < 4.78 is 0. The molecule has 8 heteroatoms. The summed E-state index contributed by atoms with van der Waals surface area (Å²) in [5.74, 6) is 0. The molecule has 0 atom stereocenters. The summed E-state index contributed by atoms with van der Waals surface area (Å²) >= 11 is 3.16. The Kier molecular flexibility index (Phi) is 9.69. The van der Waals surface area contributed by atoms with Gasteiger partial charge in [-0.2, -0.15) is 5.26 Å². The fraction of sp³-hybridized carbons (Fsp3) is 0.292. The Morgan fingerprint density at radius 1 is 1.31 bits per heavy atom. The van der Waals surface area contributed by atoms with Crippen LogP contribution in [0.4, 0.5) is 17.1 Å². The van der Waals surface area contributed by atoms with Crippen LogP contribution < -0.4 is 10.2 Å². The van der Waals surface area contributed by atoms with Gasteiger partial charge in [-0.15, -0.1) is 0 Å². The average molecular weight is 468 g/mol. The second-order valence-corrected chi connectivity index (χ2v) is 8.68. The molecule has 1 N–H and O–H groups in total. The van der Waals surface area contributed by atoms with E-state index in [0.717, 1.165) is 27.7 Å². The summed E-state index contributed by atoms with van der Waals surface area (Å²) in [6, 6.07) is 15.7. The number of nitriles is 1. The lowest BCUT2D eigenvalue weighted by Gasteiger charge is -2.20. The number of amides is 1. The number of rotatable bonds is 5. The van der Waals surface area contributed by atoms with Crippen LogP contribution in [0, 0.1) is 11.3 Å². The maximum absolute atomic E-state index is 11.7. The molecule has 168 valence electrons. The monoisotopic (exact) mass is 467 g/mol. The maximum atomic E-state index is 11.7. The number of carbonyl (C=O) groups is 1. The molecule has 1 aliphatic rings. The summed E-state index contributed by atoms with van der Waals surface area (Å²) in [4.78, 5) is 22.5. The molecule has 3 rings (SSSR count). The zero-order chi connectivity index (χ0) is 23.7. The van der Waals surface area contributed by atoms with Gasteiger partial charge in [0.05, 0.1) is 33.7 Å². The van der Waals surface area contributed by atoms with Crippen molar-refractivity contribution in [1.29, 1.82) is 5.26 Å². The standard InChI is InChI=1S/C22H23N5OS2.C2H6/c1-5-27(14-28)22(25-18-12-16(13-23)10-11-17(18)24-3)29-15(2)21-26(4)19-8-6-7-9-20(19)30-21;1-2/h6-12,14,24H,5H2,1-4H3;1-2H3/b21-15-,25-22?;. The Morgan fingerprint density at radius 3 is 2.62 bits per heavy atom. The highest BCUT2D eigenvalue weighted by molar-refractivity contribution is 8.17. The molecule has 32 heavy (non-hydrogen) atoms. The van der Waals surface area contributed by atoms with E-state index in [4.69, 9.17) is 4.99 Å². The third kappa shape index (κ3) is 5.67. The number of hydrogen-bond donors (Lipinski definition) is 1. The Balaban J connectivity index is 0.00000176. The molecule has 0 saturated heterocycles. The number of allylic oxidation sites excluding steroid dienone is 1. The lowest BCUT2D eigenvalue weighted by molar-refractivity contribution is -0.114. The van der Waals surface area contributed by atoms with Crippen molar-refractivity contribution >= 4 is 52.2 Å². The van der Waals surface area contributed by atoms with Crippen molar-refractivity contribution in [2.24, 2.45) is 4.99 Å². The first-order chi connectivity index (χ1) is 15.5. The number of hydrogen-bond acceptors (Lipinski definition) is 7. The van der Waals surface area contributed by atoms with Gasteiger partial charge in [0.15, 0.2) is 5.17 Å². The lowest BCUT2D eigenvalue weighted by atomic mass is 10.2. The number of thioether (sulfide) groups is 2. The minimum atomic E-state index is 0.494. The molecule has 0 radical (unpaired) electrons. The highest BCUT2D eigenvalue weighted by Crippen LogP contribution is 2.48. The van der Waals surface area contributed by atoms with Gasteiger partial charge in [0.1, 0.15) is 0 Å². The maximum Gasteiger partial charge on any atom is 0.215 e. The minimum Gasteiger partial charge on any atom is -0.386 e. The fourth-order valence-corrected chi connectivity index (χ4v) is 5.22. The number of amidine groups is 1. The lowest BCUT2D eigenvalue weighted by Crippen LogP contribution is -2.27. The Labute approximate surface area is 199 Å². The summed E-state index contributed by atoms with van der Waals surface area (Å²) in [7, 11) is 3.85. The van der Waals surface area contributed by atoms with Gasteiger partial charge in [0, 0.05) is 30.4 Å². The largest absolute Gasteiger partial charge is 0.386 e. The van der Waals surface area contributed by atoms with Gasteiger partial charge in [-0.05, 0) is 44.2 Å². The molecule has 0 aromatic heterocycles. The molecule has 2 aromatic carbocycles. The topological polar surface area (TPSA) is 71.7 Å². The quantitative estimate of drug-likeness (QED) is 0.318. The van der Waals surface area contributed by atoms with Gasteiger partial charge in [0.25, 0.3) is 0 Å². The summed E-state index contributed by atoms with van der Waals surface area (Å²) in [6.07, 6.45) is 0.789. The molecule has 0 unspecified atom stereocenters. The van der Waals surface area contributed by atoms with E-state index in [1.54, 1.807) is 35.8 Å². The number of para-hydroxylation sites is 1. The third-order valence-corrected chi connectivity index (χ3v) is 7.08. The van der Waals surface area contributed by atoms with Crippen molar-refractivity contribution in [3.63, 3.8) is 0 Å². The second kappa shape index (κ2) is 12.2. The van der Waals surface area contributed by atoms with E-state index in [-0.39, 0.29) is 0 Å². The predicted octanol–water partition coefficient (Wildman–Crippen LogP) is 6.26. The molecule has 0 spiro atoms. The van der Waals surface area contributed by atoms with Crippen molar-refractivity contribution in [3.05, 3.63) is 58.0 Å². The Hall–Kier alpha value is -2.89. The first-order valence-electron chi connectivity index (χ1n) is 10.4.